The molecule has 1 fully saturated rings. The van der Waals surface area contributed by atoms with Gasteiger partial charge in [0.1, 0.15) is 11.8 Å². The molecular formula is C21H23BrN4O2. The number of anilines is 1. The second kappa shape index (κ2) is 7.93. The van der Waals surface area contributed by atoms with Crippen LogP contribution in [0.15, 0.2) is 41.1 Å². The van der Waals surface area contributed by atoms with E-state index in [0.29, 0.717) is 11.5 Å². The van der Waals surface area contributed by atoms with Crippen LogP contribution in [0.25, 0.3) is 16.7 Å². The molecule has 0 aliphatic carbocycles. The molecule has 1 aliphatic rings. The van der Waals surface area contributed by atoms with Crippen molar-refractivity contribution >= 4 is 38.6 Å². The zero-order chi connectivity index (χ0) is 19.7. The Hall–Kier alpha value is -2.38. The van der Waals surface area contributed by atoms with Crippen molar-refractivity contribution in [3.63, 3.8) is 0 Å². The highest BCUT2D eigenvalue weighted by atomic mass is 79.9. The molecule has 0 spiro atoms. The summed E-state index contributed by atoms with van der Waals surface area (Å²) < 4.78 is 8.46. The van der Waals surface area contributed by atoms with Gasteiger partial charge in [-0.1, -0.05) is 15.9 Å². The van der Waals surface area contributed by atoms with E-state index in [1.165, 1.54) is 0 Å². The van der Waals surface area contributed by atoms with Gasteiger partial charge in [0.2, 0.25) is 5.91 Å². The topological polar surface area (TPSA) is 82.2 Å². The third-order valence-corrected chi connectivity index (χ3v) is 5.75. The van der Waals surface area contributed by atoms with Gasteiger partial charge in [0.05, 0.1) is 11.2 Å². The standard InChI is InChI=1S/C21H23BrN4O2/c1-13-8-16(2-3-17(13)21(23)27)26-12-25-20-18(9-15(22)10-19(20)26)24-11-14-4-6-28-7-5-14/h2-3,8-10,12,14,24H,4-7,11H2,1H3,(H2,23,27). The van der Waals surface area contributed by atoms with Gasteiger partial charge in [-0.2, -0.15) is 0 Å². The van der Waals surface area contributed by atoms with E-state index >= 15 is 0 Å². The highest BCUT2D eigenvalue weighted by Crippen LogP contribution is 2.30. The summed E-state index contributed by atoms with van der Waals surface area (Å²) in [4.78, 5) is 16.2. The average molecular weight is 443 g/mol. The number of carbonyl (C=O) groups excluding carboxylic acids is 1. The van der Waals surface area contributed by atoms with Crippen molar-refractivity contribution in [3.8, 4) is 5.69 Å². The quantitative estimate of drug-likeness (QED) is 0.624. The minimum Gasteiger partial charge on any atom is -0.383 e. The van der Waals surface area contributed by atoms with Crippen molar-refractivity contribution in [2.45, 2.75) is 19.8 Å². The number of nitrogens with two attached hydrogens (primary N) is 1. The van der Waals surface area contributed by atoms with Gasteiger partial charge in [0.25, 0.3) is 0 Å². The normalized spacial score (nSPS) is 15.1. The fourth-order valence-electron chi connectivity index (χ4n) is 3.70. The van der Waals surface area contributed by atoms with Crippen LogP contribution < -0.4 is 11.1 Å². The number of halogens is 1. The summed E-state index contributed by atoms with van der Waals surface area (Å²) in [6.07, 6.45) is 3.99. The number of amides is 1. The van der Waals surface area contributed by atoms with E-state index < -0.39 is 5.91 Å². The number of carbonyl (C=O) groups is 1. The number of imidazole rings is 1. The van der Waals surface area contributed by atoms with E-state index in [1.54, 1.807) is 6.07 Å². The van der Waals surface area contributed by atoms with Crippen molar-refractivity contribution in [2.24, 2.45) is 11.7 Å². The Morgan fingerprint density at radius 1 is 1.32 bits per heavy atom. The van der Waals surface area contributed by atoms with E-state index in [1.807, 2.05) is 30.0 Å². The summed E-state index contributed by atoms with van der Waals surface area (Å²) in [5, 5.41) is 3.58. The molecule has 3 aromatic rings. The zero-order valence-corrected chi connectivity index (χ0v) is 17.3. The third kappa shape index (κ3) is 3.77. The number of aryl methyl sites for hydroxylation is 1. The van der Waals surface area contributed by atoms with Crippen LogP contribution in [0.3, 0.4) is 0 Å². The lowest BCUT2D eigenvalue weighted by atomic mass is 10.0. The second-order valence-corrected chi connectivity index (χ2v) is 8.15. The van der Waals surface area contributed by atoms with Crippen molar-refractivity contribution in [3.05, 3.63) is 52.3 Å². The van der Waals surface area contributed by atoms with Crippen LogP contribution in [-0.4, -0.2) is 35.2 Å². The van der Waals surface area contributed by atoms with Gasteiger partial charge < -0.3 is 15.8 Å². The molecule has 3 N–H and O–H groups in total. The first kappa shape index (κ1) is 19.0. The van der Waals surface area contributed by atoms with Gasteiger partial charge in [-0.15, -0.1) is 0 Å². The number of nitrogens with one attached hydrogen (secondary N) is 1. The summed E-state index contributed by atoms with van der Waals surface area (Å²) in [6, 6.07) is 9.74. The lowest BCUT2D eigenvalue weighted by Gasteiger charge is -2.22. The maximum absolute atomic E-state index is 11.5. The second-order valence-electron chi connectivity index (χ2n) is 7.24. The summed E-state index contributed by atoms with van der Waals surface area (Å²) in [5.74, 6) is 0.204. The fourth-order valence-corrected chi connectivity index (χ4v) is 4.15. The van der Waals surface area contributed by atoms with Gasteiger partial charge in [-0.3, -0.25) is 9.36 Å². The highest BCUT2D eigenvalue weighted by molar-refractivity contribution is 9.10. The van der Waals surface area contributed by atoms with Crippen LogP contribution in [-0.2, 0) is 4.74 Å². The molecular weight excluding hydrogens is 420 g/mol. The predicted molar refractivity (Wildman–Crippen MR) is 114 cm³/mol. The molecule has 2 heterocycles. The minimum atomic E-state index is -0.415. The number of hydrogen-bond acceptors (Lipinski definition) is 4. The van der Waals surface area contributed by atoms with Crippen molar-refractivity contribution < 1.29 is 9.53 Å². The molecule has 4 rings (SSSR count). The Kier molecular flexibility index (Phi) is 5.37. The van der Waals surface area contributed by atoms with Crippen molar-refractivity contribution in [1.82, 2.24) is 9.55 Å². The smallest absolute Gasteiger partial charge is 0.248 e. The number of aromatic nitrogens is 2. The van der Waals surface area contributed by atoms with Gasteiger partial charge in [-0.05, 0) is 61.6 Å². The number of hydrogen-bond donors (Lipinski definition) is 2. The monoisotopic (exact) mass is 442 g/mol. The van der Waals surface area contributed by atoms with E-state index in [2.05, 4.69) is 38.4 Å². The number of fused-ring (bicyclic) bond motifs is 1. The molecule has 0 unspecified atom stereocenters. The summed E-state index contributed by atoms with van der Waals surface area (Å²) in [7, 11) is 0. The maximum atomic E-state index is 11.5. The van der Waals surface area contributed by atoms with Crippen LogP contribution in [0.5, 0.6) is 0 Å². The molecule has 1 aliphatic heterocycles. The van der Waals surface area contributed by atoms with E-state index in [-0.39, 0.29) is 0 Å². The molecule has 7 heteroatoms. The molecule has 0 radical (unpaired) electrons. The van der Waals surface area contributed by atoms with Gasteiger partial charge in [0.15, 0.2) is 0 Å². The summed E-state index contributed by atoms with van der Waals surface area (Å²) >= 11 is 3.62. The highest BCUT2D eigenvalue weighted by Gasteiger charge is 2.16. The molecule has 2 aromatic carbocycles. The number of nitrogens with zero attached hydrogens (tertiary/aromatic N) is 2. The van der Waals surface area contributed by atoms with Gasteiger partial charge >= 0.3 is 0 Å². The van der Waals surface area contributed by atoms with Gasteiger partial charge in [-0.25, -0.2) is 4.98 Å². The van der Waals surface area contributed by atoms with Crippen LogP contribution in [0, 0.1) is 12.8 Å². The predicted octanol–water partition coefficient (Wildman–Crippen LogP) is 4.03. The Morgan fingerprint density at radius 2 is 2.11 bits per heavy atom. The van der Waals surface area contributed by atoms with E-state index in [9.17, 15) is 4.79 Å². The minimum absolute atomic E-state index is 0.415. The lowest BCUT2D eigenvalue weighted by molar-refractivity contribution is 0.0699. The van der Waals surface area contributed by atoms with E-state index in [4.69, 9.17) is 10.5 Å². The summed E-state index contributed by atoms with van der Waals surface area (Å²) in [5.41, 5.74) is 10.7. The van der Waals surface area contributed by atoms with Crippen LogP contribution in [0.4, 0.5) is 5.69 Å². The molecule has 1 amide bonds. The van der Waals surface area contributed by atoms with Gasteiger partial charge in [0, 0.05) is 35.5 Å². The summed E-state index contributed by atoms with van der Waals surface area (Å²) in [6.45, 7) is 4.48. The molecule has 146 valence electrons. The van der Waals surface area contributed by atoms with Crippen LogP contribution in [0.2, 0.25) is 0 Å². The Balaban J connectivity index is 1.67. The molecule has 0 bridgehead atoms. The third-order valence-electron chi connectivity index (χ3n) is 5.29. The molecule has 1 aromatic heterocycles. The molecule has 1 saturated heterocycles. The van der Waals surface area contributed by atoms with Crippen LogP contribution in [0.1, 0.15) is 28.8 Å². The van der Waals surface area contributed by atoms with Crippen LogP contribution >= 0.6 is 15.9 Å². The zero-order valence-electron chi connectivity index (χ0n) is 15.7. The molecule has 6 nitrogen and oxygen atoms in total. The maximum Gasteiger partial charge on any atom is 0.248 e. The molecule has 0 saturated carbocycles. The first-order valence-electron chi connectivity index (χ1n) is 9.42. The van der Waals surface area contributed by atoms with Crippen molar-refractivity contribution in [1.29, 1.82) is 0 Å². The molecule has 0 atom stereocenters. The number of primary amides is 1. The number of ether oxygens (including phenoxy) is 1. The Morgan fingerprint density at radius 3 is 2.82 bits per heavy atom. The lowest BCUT2D eigenvalue weighted by Crippen LogP contribution is -2.22. The Labute approximate surface area is 172 Å². The van der Waals surface area contributed by atoms with E-state index in [0.717, 1.165) is 65.0 Å². The molecule has 28 heavy (non-hydrogen) atoms. The fraction of sp³-hybridized carbons (Fsp3) is 0.333. The Bertz CT molecular complexity index is 1020. The largest absolute Gasteiger partial charge is 0.383 e. The average Bonchev–Trinajstić information content (AvgIpc) is 3.10. The number of benzene rings is 2. The SMILES string of the molecule is Cc1cc(-n2cnc3c(NCC4CCOCC4)cc(Br)cc32)ccc1C(N)=O. The number of rotatable bonds is 5. The first-order chi connectivity index (χ1) is 13.5. The first-order valence-corrected chi connectivity index (χ1v) is 10.2. The van der Waals surface area contributed by atoms with Crippen molar-refractivity contribution in [2.75, 3.05) is 25.1 Å².